The normalized spacial score (nSPS) is 8.93. The molecule has 0 fully saturated rings. The average Bonchev–Trinajstić information content (AvgIpc) is 2.07. The molecule has 0 unspecified atom stereocenters. The van der Waals surface area contributed by atoms with E-state index in [0.717, 1.165) is 0 Å². The van der Waals surface area contributed by atoms with Gasteiger partial charge < -0.3 is 10.0 Å². The van der Waals surface area contributed by atoms with Crippen molar-refractivity contribution in [3.63, 3.8) is 0 Å². The molecule has 0 aromatic heterocycles. The van der Waals surface area contributed by atoms with Gasteiger partial charge in [-0.25, -0.2) is 17.6 Å². The second-order valence-corrected chi connectivity index (χ2v) is 2.22. The summed E-state index contributed by atoms with van der Waals surface area (Å²) in [5, 5.41) is 20.2. The zero-order valence-corrected chi connectivity index (χ0v) is 12.0. The number of halogens is 4. The summed E-state index contributed by atoms with van der Waals surface area (Å²) in [5.74, 6) is -7.88. The Morgan fingerprint density at radius 2 is 1.33 bits per heavy atom. The second kappa shape index (κ2) is 7.29. The third-order valence-corrected chi connectivity index (χ3v) is 1.38. The largest absolute Gasteiger partial charge is 1.00 e. The summed E-state index contributed by atoms with van der Waals surface area (Å²) in [4.78, 5) is 0. The first-order chi connectivity index (χ1) is 5.95. The van der Waals surface area contributed by atoms with Gasteiger partial charge in [0.2, 0.25) is 0 Å². The molecule has 0 aliphatic carbocycles. The van der Waals surface area contributed by atoms with E-state index >= 15 is 0 Å². The van der Waals surface area contributed by atoms with Crippen LogP contribution < -0.4 is 74.6 Å². The second-order valence-electron chi connectivity index (χ2n) is 2.22. The van der Waals surface area contributed by atoms with Crippen molar-refractivity contribution in [2.24, 2.45) is 0 Å². The molecule has 1 aromatic rings. The van der Waals surface area contributed by atoms with Crippen LogP contribution in [0.2, 0.25) is 0 Å². The van der Waals surface area contributed by atoms with Crippen LogP contribution in [0.1, 0.15) is 0 Å². The first-order valence-corrected chi connectivity index (χ1v) is 3.09. The number of rotatable bonds is 1. The van der Waals surface area contributed by atoms with Crippen molar-refractivity contribution in [3.8, 4) is 0 Å². The average molecular weight is 238 g/mol. The number of hydrogen-bond donors (Lipinski definition) is 0. The van der Waals surface area contributed by atoms with Gasteiger partial charge in [-0.2, -0.15) is 0 Å². The summed E-state index contributed by atoms with van der Waals surface area (Å²) < 4.78 is 49.4. The Labute approximate surface area is 127 Å². The SMILES string of the molecule is [Na+].[Na+].[O-]B([O-])c1cc(F)c(F)c(F)c1F. The smallest absolute Gasteiger partial charge is 0.889 e. The van der Waals surface area contributed by atoms with Crippen LogP contribution in [-0.2, 0) is 0 Å². The molecule has 0 atom stereocenters. The minimum absolute atomic E-state index is 0. The van der Waals surface area contributed by atoms with Gasteiger partial charge >= 0.3 is 59.1 Å². The quantitative estimate of drug-likeness (QED) is 0.211. The molecule has 1 aromatic carbocycles. The van der Waals surface area contributed by atoms with Crippen LogP contribution in [0.25, 0.3) is 0 Å². The molecule has 0 aliphatic rings. The Hall–Kier alpha value is 0.925. The minimum Gasteiger partial charge on any atom is -0.889 e. The topological polar surface area (TPSA) is 46.1 Å². The first-order valence-electron chi connectivity index (χ1n) is 3.09. The maximum absolute atomic E-state index is 12.5. The molecule has 0 amide bonds. The zero-order chi connectivity index (χ0) is 10.2. The van der Waals surface area contributed by atoms with Crippen molar-refractivity contribution in [1.29, 1.82) is 0 Å². The summed E-state index contributed by atoms with van der Waals surface area (Å²) >= 11 is 0. The molecular formula is C6HBF4Na2O2. The van der Waals surface area contributed by atoms with E-state index in [9.17, 15) is 27.6 Å². The molecule has 0 spiro atoms. The van der Waals surface area contributed by atoms with Crippen molar-refractivity contribution < 1.29 is 86.7 Å². The maximum Gasteiger partial charge on any atom is 1.00 e. The fraction of sp³-hybridized carbons (Fsp3) is 0. The number of hydrogen-bond acceptors (Lipinski definition) is 2. The van der Waals surface area contributed by atoms with Crippen molar-refractivity contribution >= 4 is 12.6 Å². The summed E-state index contributed by atoms with van der Waals surface area (Å²) in [6, 6.07) is 0.0540. The van der Waals surface area contributed by atoms with Crippen LogP contribution in [0.3, 0.4) is 0 Å². The molecule has 15 heavy (non-hydrogen) atoms. The van der Waals surface area contributed by atoms with Crippen molar-refractivity contribution in [2.75, 3.05) is 0 Å². The summed E-state index contributed by atoms with van der Waals surface area (Å²) in [7, 11) is -2.88. The van der Waals surface area contributed by atoms with Crippen LogP contribution in [0.4, 0.5) is 17.6 Å². The standard InChI is InChI=1S/C6HBF4O2.2Na/c8-3-1-2(7(12)13)4(9)6(11)5(3)10;;/h1H;;/q-2;2*+1. The Balaban J connectivity index is 0. The van der Waals surface area contributed by atoms with Crippen molar-refractivity contribution in [1.82, 2.24) is 0 Å². The molecule has 0 N–H and O–H groups in total. The van der Waals surface area contributed by atoms with Gasteiger partial charge in [0.1, 0.15) is 0 Å². The van der Waals surface area contributed by atoms with Crippen LogP contribution in [-0.4, -0.2) is 7.12 Å². The van der Waals surface area contributed by atoms with E-state index in [0.29, 0.717) is 0 Å². The van der Waals surface area contributed by atoms with E-state index in [1.165, 1.54) is 0 Å². The van der Waals surface area contributed by atoms with Gasteiger partial charge in [-0.15, -0.1) is 0 Å². The van der Waals surface area contributed by atoms with Gasteiger partial charge in [0, 0.05) is 0 Å². The van der Waals surface area contributed by atoms with Gasteiger partial charge in [0.25, 0.3) is 0 Å². The van der Waals surface area contributed by atoms with E-state index in [1.807, 2.05) is 0 Å². The van der Waals surface area contributed by atoms with Gasteiger partial charge in [0.05, 0.1) is 0 Å². The van der Waals surface area contributed by atoms with Gasteiger partial charge in [0.15, 0.2) is 23.3 Å². The minimum atomic E-state index is -2.88. The van der Waals surface area contributed by atoms with Crippen molar-refractivity contribution in [2.45, 2.75) is 0 Å². The van der Waals surface area contributed by atoms with Gasteiger partial charge in [-0.05, 0) is 6.07 Å². The van der Waals surface area contributed by atoms with E-state index in [4.69, 9.17) is 0 Å². The molecule has 0 heterocycles. The molecule has 70 valence electrons. The summed E-state index contributed by atoms with van der Waals surface area (Å²) in [6.45, 7) is 0. The molecule has 1 rings (SSSR count). The third-order valence-electron chi connectivity index (χ3n) is 1.38. The van der Waals surface area contributed by atoms with Gasteiger partial charge in [-0.3, -0.25) is 0 Å². The predicted molar refractivity (Wildman–Crippen MR) is 31.7 cm³/mol. The molecule has 2 nitrogen and oxygen atoms in total. The van der Waals surface area contributed by atoms with Crippen molar-refractivity contribution in [3.05, 3.63) is 29.3 Å². The Morgan fingerprint density at radius 1 is 0.867 bits per heavy atom. The monoisotopic (exact) mass is 238 g/mol. The van der Waals surface area contributed by atoms with Crippen LogP contribution in [0.5, 0.6) is 0 Å². The third kappa shape index (κ3) is 4.01. The Kier molecular flexibility index (Phi) is 8.89. The van der Waals surface area contributed by atoms with E-state index in [2.05, 4.69) is 0 Å². The molecule has 0 bridgehead atoms. The summed E-state index contributed by atoms with van der Waals surface area (Å²) in [5.41, 5.74) is -1.27. The molecular weight excluding hydrogens is 237 g/mol. The van der Waals surface area contributed by atoms with E-state index in [-0.39, 0.29) is 65.2 Å². The van der Waals surface area contributed by atoms with Crippen LogP contribution in [0, 0.1) is 23.3 Å². The van der Waals surface area contributed by atoms with Crippen LogP contribution in [0.15, 0.2) is 6.07 Å². The van der Waals surface area contributed by atoms with Gasteiger partial charge in [-0.1, -0.05) is 12.6 Å². The molecule has 0 saturated heterocycles. The molecule has 0 aliphatic heterocycles. The van der Waals surface area contributed by atoms with Crippen LogP contribution >= 0.6 is 0 Å². The Morgan fingerprint density at radius 3 is 1.73 bits per heavy atom. The fourth-order valence-corrected chi connectivity index (χ4v) is 0.763. The summed E-state index contributed by atoms with van der Waals surface area (Å²) in [6.07, 6.45) is 0. The number of benzene rings is 1. The predicted octanol–water partition coefficient (Wildman–Crippen LogP) is -7.33. The maximum atomic E-state index is 12.5. The van der Waals surface area contributed by atoms with E-state index < -0.39 is 35.9 Å². The molecule has 9 heteroatoms. The Bertz CT molecular complexity index is 350. The zero-order valence-electron chi connectivity index (χ0n) is 7.98. The van der Waals surface area contributed by atoms with E-state index in [1.54, 1.807) is 0 Å². The fourth-order valence-electron chi connectivity index (χ4n) is 0.763. The molecule has 0 radical (unpaired) electrons. The molecule has 0 saturated carbocycles. The first kappa shape index (κ1) is 18.3.